The molecule has 1 unspecified atom stereocenters. The van der Waals surface area contributed by atoms with Crippen molar-refractivity contribution in [1.82, 2.24) is 9.55 Å². The topological polar surface area (TPSA) is 75.4 Å². The summed E-state index contributed by atoms with van der Waals surface area (Å²) in [4.78, 5) is 29.5. The fraction of sp³-hybridized carbons (Fsp3) is 0.267. The van der Waals surface area contributed by atoms with Gasteiger partial charge in [-0.1, -0.05) is 24.3 Å². The molecule has 1 aliphatic heterocycles. The van der Waals surface area contributed by atoms with Crippen LogP contribution in [0, 0.1) is 0 Å². The number of carboxylic acids is 1. The highest BCUT2D eigenvalue weighted by atomic mass is 16.4. The van der Waals surface area contributed by atoms with Crippen LogP contribution >= 0.6 is 0 Å². The van der Waals surface area contributed by atoms with Gasteiger partial charge < -0.3 is 14.6 Å². The first kappa shape index (κ1) is 13.4. The van der Waals surface area contributed by atoms with Crippen LogP contribution in [0.2, 0.25) is 0 Å². The molecule has 1 N–H and O–H groups in total. The fourth-order valence-corrected chi connectivity index (χ4v) is 2.65. The molecule has 0 saturated carbocycles. The van der Waals surface area contributed by atoms with E-state index in [1.807, 2.05) is 24.3 Å². The summed E-state index contributed by atoms with van der Waals surface area (Å²) >= 11 is 0. The lowest BCUT2D eigenvalue weighted by atomic mass is 9.94. The van der Waals surface area contributed by atoms with Gasteiger partial charge in [0.25, 0.3) is 5.56 Å². The number of benzene rings is 1. The van der Waals surface area contributed by atoms with E-state index in [-0.39, 0.29) is 11.4 Å². The second kappa shape index (κ2) is 5.05. The smallest absolute Gasteiger partial charge is 0.326 e. The average Bonchev–Trinajstić information content (AvgIpc) is 2.48. The second-order valence-corrected chi connectivity index (χ2v) is 5.12. The van der Waals surface area contributed by atoms with Gasteiger partial charge in [-0.25, -0.2) is 9.78 Å². The van der Waals surface area contributed by atoms with Gasteiger partial charge in [0, 0.05) is 32.4 Å². The molecule has 2 heterocycles. The normalized spacial score (nSPS) is 17.4. The van der Waals surface area contributed by atoms with Crippen molar-refractivity contribution in [2.75, 3.05) is 4.90 Å². The lowest BCUT2D eigenvalue weighted by molar-refractivity contribution is -0.138. The molecule has 0 fully saturated rings. The van der Waals surface area contributed by atoms with E-state index in [1.165, 1.54) is 10.8 Å². The predicted octanol–water partition coefficient (Wildman–Crippen LogP) is 0.796. The lowest BCUT2D eigenvalue weighted by Crippen LogP contribution is -2.48. The molecule has 21 heavy (non-hydrogen) atoms. The Morgan fingerprint density at radius 1 is 1.33 bits per heavy atom. The van der Waals surface area contributed by atoms with Gasteiger partial charge in [-0.05, 0) is 11.1 Å². The molecule has 1 aromatic carbocycles. The Hall–Kier alpha value is -2.63. The first-order valence-electron chi connectivity index (χ1n) is 6.66. The Kier molecular flexibility index (Phi) is 3.21. The van der Waals surface area contributed by atoms with Crippen LogP contribution in [-0.4, -0.2) is 26.7 Å². The number of anilines is 1. The van der Waals surface area contributed by atoms with E-state index in [4.69, 9.17) is 0 Å². The Labute approximate surface area is 121 Å². The molecular weight excluding hydrogens is 270 g/mol. The quantitative estimate of drug-likeness (QED) is 0.883. The summed E-state index contributed by atoms with van der Waals surface area (Å²) in [5.74, 6) is -0.765. The van der Waals surface area contributed by atoms with Gasteiger partial charge in [-0.15, -0.1) is 0 Å². The molecule has 0 amide bonds. The van der Waals surface area contributed by atoms with Crippen LogP contribution in [0.1, 0.15) is 11.1 Å². The number of aromatic nitrogens is 2. The highest BCUT2D eigenvalue weighted by molar-refractivity contribution is 5.79. The van der Waals surface area contributed by atoms with Crippen molar-refractivity contribution >= 4 is 11.8 Å². The highest BCUT2D eigenvalue weighted by Gasteiger charge is 2.33. The molecule has 0 saturated heterocycles. The Morgan fingerprint density at radius 2 is 2.05 bits per heavy atom. The second-order valence-electron chi connectivity index (χ2n) is 5.12. The molecule has 0 aliphatic carbocycles. The number of carbonyl (C=O) groups is 1. The van der Waals surface area contributed by atoms with Gasteiger partial charge in [0.05, 0.1) is 0 Å². The SMILES string of the molecule is Cn1ccnc(N2Cc3ccccc3CC2C(=O)O)c1=O. The van der Waals surface area contributed by atoms with Crippen LogP contribution in [0.5, 0.6) is 0 Å². The first-order chi connectivity index (χ1) is 10.1. The fourth-order valence-electron chi connectivity index (χ4n) is 2.65. The third-order valence-electron chi connectivity index (χ3n) is 3.80. The molecule has 6 nitrogen and oxygen atoms in total. The minimum atomic E-state index is -0.947. The van der Waals surface area contributed by atoms with E-state index in [9.17, 15) is 14.7 Å². The number of hydrogen-bond donors (Lipinski definition) is 1. The molecule has 0 bridgehead atoms. The number of nitrogens with zero attached hydrogens (tertiary/aromatic N) is 3. The van der Waals surface area contributed by atoms with E-state index in [2.05, 4.69) is 4.98 Å². The van der Waals surface area contributed by atoms with Gasteiger partial charge >= 0.3 is 5.97 Å². The molecule has 3 rings (SSSR count). The molecule has 1 aliphatic rings. The molecule has 108 valence electrons. The van der Waals surface area contributed by atoms with Crippen LogP contribution in [-0.2, 0) is 24.8 Å². The maximum atomic E-state index is 12.2. The van der Waals surface area contributed by atoms with Crippen LogP contribution in [0.4, 0.5) is 5.82 Å². The summed E-state index contributed by atoms with van der Waals surface area (Å²) in [6, 6.07) is 6.91. The number of hydrogen-bond acceptors (Lipinski definition) is 4. The monoisotopic (exact) mass is 285 g/mol. The van der Waals surface area contributed by atoms with Gasteiger partial charge in [-0.3, -0.25) is 4.79 Å². The van der Waals surface area contributed by atoms with Crippen LogP contribution < -0.4 is 10.5 Å². The summed E-state index contributed by atoms with van der Waals surface area (Å²) in [5, 5.41) is 9.48. The number of aryl methyl sites for hydroxylation is 1. The molecule has 0 spiro atoms. The minimum Gasteiger partial charge on any atom is -0.480 e. The maximum Gasteiger partial charge on any atom is 0.326 e. The first-order valence-corrected chi connectivity index (χ1v) is 6.66. The molecule has 1 atom stereocenters. The molecule has 1 aromatic heterocycles. The van der Waals surface area contributed by atoms with Gasteiger partial charge in [-0.2, -0.15) is 0 Å². The Balaban J connectivity index is 2.10. The third-order valence-corrected chi connectivity index (χ3v) is 3.80. The van der Waals surface area contributed by atoms with Gasteiger partial charge in [0.2, 0.25) is 0 Å². The molecule has 0 radical (unpaired) electrons. The van der Waals surface area contributed by atoms with Crippen molar-refractivity contribution in [3.05, 3.63) is 58.1 Å². The average molecular weight is 285 g/mol. The zero-order chi connectivity index (χ0) is 15.0. The van der Waals surface area contributed by atoms with Crippen LogP contribution in [0.3, 0.4) is 0 Å². The van der Waals surface area contributed by atoms with Crippen molar-refractivity contribution in [3.63, 3.8) is 0 Å². The largest absolute Gasteiger partial charge is 0.480 e. The lowest BCUT2D eigenvalue weighted by Gasteiger charge is -2.34. The Morgan fingerprint density at radius 3 is 2.76 bits per heavy atom. The van der Waals surface area contributed by atoms with Crippen molar-refractivity contribution in [2.45, 2.75) is 19.0 Å². The molecule has 6 heteroatoms. The van der Waals surface area contributed by atoms with E-state index < -0.39 is 12.0 Å². The molecule has 2 aromatic rings. The predicted molar refractivity (Wildman–Crippen MR) is 77.2 cm³/mol. The number of aliphatic carboxylic acids is 1. The minimum absolute atomic E-state index is 0.182. The standard InChI is InChI=1S/C15H15N3O3/c1-17-7-6-16-13(14(17)19)18-9-11-5-3-2-4-10(11)8-12(18)15(20)21/h2-7,12H,8-9H2,1H3,(H,20,21). The van der Waals surface area contributed by atoms with Gasteiger partial charge in [0.15, 0.2) is 5.82 Å². The summed E-state index contributed by atoms with van der Waals surface area (Å²) in [6.07, 6.45) is 3.43. The van der Waals surface area contributed by atoms with Crippen molar-refractivity contribution in [1.29, 1.82) is 0 Å². The number of fused-ring (bicyclic) bond motifs is 1. The van der Waals surface area contributed by atoms with E-state index in [1.54, 1.807) is 18.1 Å². The molecular formula is C15H15N3O3. The van der Waals surface area contributed by atoms with Crippen molar-refractivity contribution < 1.29 is 9.90 Å². The third kappa shape index (κ3) is 2.29. The van der Waals surface area contributed by atoms with E-state index in [0.717, 1.165) is 11.1 Å². The van der Waals surface area contributed by atoms with Crippen molar-refractivity contribution in [3.8, 4) is 0 Å². The summed E-state index contributed by atoms with van der Waals surface area (Å²) in [7, 11) is 1.63. The van der Waals surface area contributed by atoms with E-state index in [0.29, 0.717) is 13.0 Å². The van der Waals surface area contributed by atoms with Crippen molar-refractivity contribution in [2.24, 2.45) is 7.05 Å². The number of carboxylic acid groups (broad SMARTS) is 1. The number of rotatable bonds is 2. The van der Waals surface area contributed by atoms with Gasteiger partial charge in [0.1, 0.15) is 6.04 Å². The van der Waals surface area contributed by atoms with E-state index >= 15 is 0 Å². The highest BCUT2D eigenvalue weighted by Crippen LogP contribution is 2.25. The van der Waals surface area contributed by atoms with Crippen LogP contribution in [0.15, 0.2) is 41.5 Å². The Bertz CT molecular complexity index is 754. The van der Waals surface area contributed by atoms with Crippen LogP contribution in [0.25, 0.3) is 0 Å². The zero-order valence-electron chi connectivity index (χ0n) is 11.6. The summed E-state index contributed by atoms with van der Waals surface area (Å²) in [6.45, 7) is 0.374. The summed E-state index contributed by atoms with van der Waals surface area (Å²) < 4.78 is 1.40. The maximum absolute atomic E-state index is 12.2. The summed E-state index contributed by atoms with van der Waals surface area (Å²) in [5.41, 5.74) is 1.75. The zero-order valence-corrected chi connectivity index (χ0v) is 11.6.